The zero-order chi connectivity index (χ0) is 40.5. The van der Waals surface area contributed by atoms with Crippen LogP contribution in [0.25, 0.3) is 0 Å². The fourth-order valence-electron chi connectivity index (χ4n) is 7.25. The molecule has 0 aromatic heterocycles. The van der Waals surface area contributed by atoms with Gasteiger partial charge >= 0.3 is 17.9 Å². The van der Waals surface area contributed by atoms with Gasteiger partial charge in [0.25, 0.3) is 0 Å². The molecule has 0 aliphatic carbocycles. The second kappa shape index (κ2) is 42.0. The minimum atomic E-state index is -0.759. The largest absolute Gasteiger partial charge is 0.462 e. The Labute approximate surface area is 342 Å². The van der Waals surface area contributed by atoms with Crippen LogP contribution >= 0.6 is 0 Å². The predicted octanol–water partition coefficient (Wildman–Crippen LogP) is 15.4. The number of carbonyl (C=O) groups excluding carboxylic acids is 3. The summed E-state index contributed by atoms with van der Waals surface area (Å²) in [7, 11) is 0. The molecule has 0 aromatic carbocycles. The Hall–Kier alpha value is -1.59. The number of carbonyl (C=O) groups is 3. The number of rotatable bonds is 43. The van der Waals surface area contributed by atoms with Gasteiger partial charge in [0.2, 0.25) is 0 Å². The molecule has 0 aromatic rings. The Kier molecular flexibility index (Phi) is 40.8. The molecule has 0 amide bonds. The monoisotopic (exact) mass is 779 g/mol. The first-order chi connectivity index (χ1) is 26.8. The third-order valence-corrected chi connectivity index (χ3v) is 11.3. The van der Waals surface area contributed by atoms with Crippen LogP contribution in [0.15, 0.2) is 0 Å². The quantitative estimate of drug-likeness (QED) is 0.0348. The molecule has 6 nitrogen and oxygen atoms in total. The topological polar surface area (TPSA) is 78.9 Å². The van der Waals surface area contributed by atoms with Gasteiger partial charge in [0.15, 0.2) is 6.10 Å². The van der Waals surface area contributed by atoms with E-state index in [9.17, 15) is 14.4 Å². The second-order valence-electron chi connectivity index (χ2n) is 17.5. The van der Waals surface area contributed by atoms with Gasteiger partial charge in [-0.2, -0.15) is 0 Å². The summed E-state index contributed by atoms with van der Waals surface area (Å²) in [6, 6.07) is 0. The summed E-state index contributed by atoms with van der Waals surface area (Å²) in [5.74, 6) is 0.855. The van der Waals surface area contributed by atoms with E-state index < -0.39 is 6.10 Å². The Morgan fingerprint density at radius 3 is 1.04 bits per heavy atom. The lowest BCUT2D eigenvalue weighted by Crippen LogP contribution is -2.30. The first-order valence-electron chi connectivity index (χ1n) is 24.3. The van der Waals surface area contributed by atoms with Crippen LogP contribution in [-0.4, -0.2) is 37.2 Å². The van der Waals surface area contributed by atoms with Crippen LogP contribution in [0.2, 0.25) is 0 Å². The van der Waals surface area contributed by atoms with Crippen molar-refractivity contribution >= 4 is 17.9 Å². The molecule has 6 heteroatoms. The highest BCUT2D eigenvalue weighted by Gasteiger charge is 2.19. The lowest BCUT2D eigenvalue weighted by molar-refractivity contribution is -0.167. The van der Waals surface area contributed by atoms with E-state index in [4.69, 9.17) is 14.2 Å². The van der Waals surface area contributed by atoms with Crippen LogP contribution in [0.5, 0.6) is 0 Å². The zero-order valence-corrected chi connectivity index (χ0v) is 37.6. The Morgan fingerprint density at radius 1 is 0.382 bits per heavy atom. The maximum atomic E-state index is 12.5. The summed E-state index contributed by atoms with van der Waals surface area (Å²) in [4.78, 5) is 37.5. The van der Waals surface area contributed by atoms with E-state index in [1.54, 1.807) is 0 Å². The molecule has 2 atom stereocenters. The number of ether oxygens (including phenoxy) is 3. The van der Waals surface area contributed by atoms with Crippen molar-refractivity contribution in [2.75, 3.05) is 13.2 Å². The number of hydrogen-bond acceptors (Lipinski definition) is 6. The van der Waals surface area contributed by atoms with Gasteiger partial charge in [-0.3, -0.25) is 14.4 Å². The lowest BCUT2D eigenvalue weighted by Gasteiger charge is -2.18. The molecule has 0 bridgehead atoms. The summed E-state index contributed by atoms with van der Waals surface area (Å²) in [5, 5.41) is 0. The van der Waals surface area contributed by atoms with Gasteiger partial charge in [0, 0.05) is 19.3 Å². The standard InChI is InChI=1S/C49H94O6/c1-6-8-9-27-36-41-49(52)55-46(43-54-48(51)40-35-31-26-22-18-14-15-19-23-28-32-37-44(3)4)42-53-47(50)39-34-30-25-21-17-13-11-10-12-16-20-24-29-33-38-45(5)7-2/h44-46H,6-43H2,1-5H3/t45?,46-/m1/s1. The molecule has 0 radical (unpaired) electrons. The zero-order valence-electron chi connectivity index (χ0n) is 37.6. The average Bonchev–Trinajstić information content (AvgIpc) is 3.17. The van der Waals surface area contributed by atoms with E-state index in [1.165, 1.54) is 148 Å². The molecule has 0 aliphatic rings. The fraction of sp³-hybridized carbons (Fsp3) is 0.939. The van der Waals surface area contributed by atoms with E-state index in [2.05, 4.69) is 34.6 Å². The highest BCUT2D eigenvalue weighted by Crippen LogP contribution is 2.17. The van der Waals surface area contributed by atoms with Gasteiger partial charge < -0.3 is 14.2 Å². The van der Waals surface area contributed by atoms with Crippen molar-refractivity contribution in [2.45, 2.75) is 272 Å². The maximum absolute atomic E-state index is 12.5. The molecule has 0 saturated carbocycles. The lowest BCUT2D eigenvalue weighted by atomic mass is 9.99. The van der Waals surface area contributed by atoms with E-state index in [0.29, 0.717) is 19.3 Å². The molecular weight excluding hydrogens is 685 g/mol. The van der Waals surface area contributed by atoms with E-state index in [1.807, 2.05) is 0 Å². The molecule has 0 fully saturated rings. The molecule has 55 heavy (non-hydrogen) atoms. The fourth-order valence-corrected chi connectivity index (χ4v) is 7.25. The van der Waals surface area contributed by atoms with Crippen LogP contribution in [0.3, 0.4) is 0 Å². The first kappa shape index (κ1) is 53.4. The number of esters is 3. The van der Waals surface area contributed by atoms with Crippen molar-refractivity contribution in [1.29, 1.82) is 0 Å². The van der Waals surface area contributed by atoms with Gasteiger partial charge in [-0.05, 0) is 31.1 Å². The minimum Gasteiger partial charge on any atom is -0.462 e. The molecule has 326 valence electrons. The Morgan fingerprint density at radius 2 is 0.691 bits per heavy atom. The molecule has 0 heterocycles. The summed E-state index contributed by atoms with van der Waals surface area (Å²) in [5.41, 5.74) is 0. The van der Waals surface area contributed by atoms with Gasteiger partial charge in [-0.1, -0.05) is 227 Å². The van der Waals surface area contributed by atoms with Crippen LogP contribution in [0, 0.1) is 11.8 Å². The van der Waals surface area contributed by atoms with E-state index in [0.717, 1.165) is 76.0 Å². The highest BCUT2D eigenvalue weighted by molar-refractivity contribution is 5.71. The normalized spacial score (nSPS) is 12.5. The predicted molar refractivity (Wildman–Crippen MR) is 233 cm³/mol. The summed E-state index contributed by atoms with van der Waals surface area (Å²) < 4.78 is 16.6. The van der Waals surface area contributed by atoms with Crippen molar-refractivity contribution in [3.8, 4) is 0 Å². The molecule has 0 aliphatic heterocycles. The summed E-state index contributed by atoms with van der Waals surface area (Å²) in [6.07, 6.45) is 41.2. The Balaban J connectivity index is 4.09. The molecule has 0 rings (SSSR count). The van der Waals surface area contributed by atoms with Gasteiger partial charge in [0.05, 0.1) is 0 Å². The Bertz CT molecular complexity index is 841. The molecular formula is C49H94O6. The molecule has 0 saturated heterocycles. The summed E-state index contributed by atoms with van der Waals surface area (Å²) in [6.45, 7) is 11.3. The van der Waals surface area contributed by atoms with Crippen molar-refractivity contribution in [1.82, 2.24) is 0 Å². The smallest absolute Gasteiger partial charge is 0.306 e. The average molecular weight is 779 g/mol. The van der Waals surface area contributed by atoms with Crippen LogP contribution in [0.1, 0.15) is 266 Å². The minimum absolute atomic E-state index is 0.0656. The van der Waals surface area contributed by atoms with Crippen LogP contribution in [-0.2, 0) is 28.6 Å². The van der Waals surface area contributed by atoms with Crippen molar-refractivity contribution < 1.29 is 28.6 Å². The van der Waals surface area contributed by atoms with E-state index in [-0.39, 0.29) is 31.1 Å². The number of unbranched alkanes of at least 4 members (excludes halogenated alkanes) is 27. The molecule has 0 spiro atoms. The second-order valence-corrected chi connectivity index (χ2v) is 17.5. The SMILES string of the molecule is CCCCCCCC(=O)O[C@H](COC(=O)CCCCCCCCCCCCCCCCC(C)CC)COC(=O)CCCCCCCCCCCCCC(C)C. The summed E-state index contributed by atoms with van der Waals surface area (Å²) >= 11 is 0. The van der Waals surface area contributed by atoms with Crippen LogP contribution in [0.4, 0.5) is 0 Å². The number of hydrogen-bond donors (Lipinski definition) is 0. The van der Waals surface area contributed by atoms with Crippen LogP contribution < -0.4 is 0 Å². The highest BCUT2D eigenvalue weighted by atomic mass is 16.6. The van der Waals surface area contributed by atoms with E-state index >= 15 is 0 Å². The third-order valence-electron chi connectivity index (χ3n) is 11.3. The van der Waals surface area contributed by atoms with Crippen molar-refractivity contribution in [2.24, 2.45) is 11.8 Å². The van der Waals surface area contributed by atoms with Crippen molar-refractivity contribution in [3.05, 3.63) is 0 Å². The van der Waals surface area contributed by atoms with Gasteiger partial charge in [-0.25, -0.2) is 0 Å². The first-order valence-corrected chi connectivity index (χ1v) is 24.3. The van der Waals surface area contributed by atoms with Gasteiger partial charge in [0.1, 0.15) is 13.2 Å². The molecule has 0 N–H and O–H groups in total. The maximum Gasteiger partial charge on any atom is 0.306 e. The van der Waals surface area contributed by atoms with Crippen molar-refractivity contribution in [3.63, 3.8) is 0 Å². The van der Waals surface area contributed by atoms with Gasteiger partial charge in [-0.15, -0.1) is 0 Å². The molecule has 1 unspecified atom stereocenters. The third kappa shape index (κ3) is 41.9.